The van der Waals surface area contributed by atoms with Crippen molar-refractivity contribution in [1.29, 1.82) is 0 Å². The van der Waals surface area contributed by atoms with E-state index in [4.69, 9.17) is 16.3 Å². The molecule has 0 atom stereocenters. The zero-order chi connectivity index (χ0) is 32.7. The number of halogens is 4. The third kappa shape index (κ3) is 7.59. The fourth-order valence-corrected chi connectivity index (χ4v) is 6.31. The Morgan fingerprint density at radius 3 is 2.07 bits per heavy atom. The molecule has 0 saturated carbocycles. The van der Waals surface area contributed by atoms with Crippen LogP contribution in [0.1, 0.15) is 35.6 Å². The first-order valence-electron chi connectivity index (χ1n) is 15.2. The van der Waals surface area contributed by atoms with Crippen molar-refractivity contribution in [2.75, 3.05) is 44.2 Å². The molecule has 10 heteroatoms. The number of ether oxygens (including phenoxy) is 1. The van der Waals surface area contributed by atoms with Gasteiger partial charge in [0.25, 0.3) is 0 Å². The summed E-state index contributed by atoms with van der Waals surface area (Å²) in [5.74, 6) is 0.694. The van der Waals surface area contributed by atoms with Gasteiger partial charge in [0.1, 0.15) is 5.75 Å². The fraction of sp³-hybridized carbons (Fsp3) is 0.306. The van der Waals surface area contributed by atoms with E-state index < -0.39 is 23.4 Å². The van der Waals surface area contributed by atoms with E-state index >= 15 is 0 Å². The molecule has 4 aromatic carbocycles. The van der Waals surface area contributed by atoms with Gasteiger partial charge in [-0.3, -0.25) is 4.90 Å². The van der Waals surface area contributed by atoms with Gasteiger partial charge in [-0.2, -0.15) is 13.2 Å². The molecular weight excluding hydrogens is 615 g/mol. The highest BCUT2D eigenvalue weighted by atomic mass is 35.5. The van der Waals surface area contributed by atoms with E-state index in [1.54, 1.807) is 6.07 Å². The lowest BCUT2D eigenvalue weighted by Crippen LogP contribution is -2.48. The lowest BCUT2D eigenvalue weighted by atomic mass is 9.82. The number of benzene rings is 4. The van der Waals surface area contributed by atoms with E-state index in [0.29, 0.717) is 57.1 Å². The molecule has 0 bridgehead atoms. The third-order valence-electron chi connectivity index (χ3n) is 8.62. The monoisotopic (exact) mass is 651 g/mol. The number of piperazine rings is 1. The van der Waals surface area contributed by atoms with E-state index in [1.165, 1.54) is 11.0 Å². The van der Waals surface area contributed by atoms with E-state index in [1.807, 2.05) is 84.9 Å². The van der Waals surface area contributed by atoms with Gasteiger partial charge in [-0.1, -0.05) is 90.5 Å². The molecule has 1 amide bonds. The maximum Gasteiger partial charge on any atom is 0.417 e. The number of hydrogen-bond acceptors (Lipinski definition) is 4. The first-order chi connectivity index (χ1) is 22.1. The number of hydrogen-bond donors (Lipinski definition) is 1. The van der Waals surface area contributed by atoms with E-state index in [2.05, 4.69) is 16.7 Å². The topological polar surface area (TPSA) is 56.2 Å². The van der Waals surface area contributed by atoms with Crippen LogP contribution in [-0.2, 0) is 18.3 Å². The number of alkyl halides is 3. The van der Waals surface area contributed by atoms with E-state index in [0.717, 1.165) is 22.9 Å². The van der Waals surface area contributed by atoms with Gasteiger partial charge in [0.15, 0.2) is 0 Å². The van der Waals surface area contributed by atoms with Gasteiger partial charge >= 0.3 is 12.3 Å². The average Bonchev–Trinajstić information content (AvgIpc) is 3.07. The van der Waals surface area contributed by atoms with Crippen molar-refractivity contribution < 1.29 is 27.8 Å². The van der Waals surface area contributed by atoms with Crippen LogP contribution in [0.2, 0.25) is 5.02 Å². The normalized spacial score (nSPS) is 14.0. The van der Waals surface area contributed by atoms with Crippen LogP contribution in [0.5, 0.6) is 5.75 Å². The molecule has 0 unspecified atom stereocenters. The Labute approximate surface area is 272 Å². The smallest absolute Gasteiger partial charge is 0.417 e. The Kier molecular flexibility index (Phi) is 10.4. The van der Waals surface area contributed by atoms with E-state index in [9.17, 15) is 23.1 Å². The molecule has 0 aliphatic carbocycles. The van der Waals surface area contributed by atoms with Crippen molar-refractivity contribution in [1.82, 2.24) is 9.80 Å². The van der Waals surface area contributed by atoms with Gasteiger partial charge in [-0.05, 0) is 48.2 Å². The molecule has 4 aromatic rings. The van der Waals surface area contributed by atoms with Crippen molar-refractivity contribution in [2.24, 2.45) is 0 Å². The highest BCUT2D eigenvalue weighted by Crippen LogP contribution is 2.40. The summed E-state index contributed by atoms with van der Waals surface area (Å²) in [6, 6.07) is 31.7. The van der Waals surface area contributed by atoms with Gasteiger partial charge in [-0.15, -0.1) is 0 Å². The Morgan fingerprint density at radius 2 is 1.48 bits per heavy atom. The Morgan fingerprint density at radius 1 is 0.870 bits per heavy atom. The van der Waals surface area contributed by atoms with Crippen molar-refractivity contribution in [3.8, 4) is 5.75 Å². The predicted molar refractivity (Wildman–Crippen MR) is 175 cm³/mol. The maximum absolute atomic E-state index is 13.8. The Hall–Kier alpha value is -4.21. The average molecular weight is 652 g/mol. The van der Waals surface area contributed by atoms with Crippen LogP contribution in [0.3, 0.4) is 0 Å². The molecule has 46 heavy (non-hydrogen) atoms. The highest BCUT2D eigenvalue weighted by molar-refractivity contribution is 6.32. The standard InChI is InChI=1S/C36H37ClF3N3O3/c1-35(28-12-4-2-5-13-28,29-14-6-3-7-15-29)43(26-27-11-8-18-32(33(27)37)36(38,39)40)19-10-24-46-31-17-9-16-30(25-31)41-20-22-42(23-21-41)34(44)45/h2-9,11-18,25H,10,19-24,26H2,1H3,(H,44,45). The number of anilines is 1. The summed E-state index contributed by atoms with van der Waals surface area (Å²) in [5.41, 5.74) is 1.82. The zero-order valence-corrected chi connectivity index (χ0v) is 26.3. The first kappa shape index (κ1) is 33.2. The Bertz CT molecular complexity index is 1560. The molecule has 1 N–H and O–H groups in total. The summed E-state index contributed by atoms with van der Waals surface area (Å²) in [6.07, 6.45) is -4.88. The van der Waals surface area contributed by atoms with Gasteiger partial charge in [0, 0.05) is 51.0 Å². The molecule has 0 spiro atoms. The van der Waals surface area contributed by atoms with Crippen molar-refractivity contribution in [3.63, 3.8) is 0 Å². The van der Waals surface area contributed by atoms with Crippen LogP contribution >= 0.6 is 11.6 Å². The molecule has 1 saturated heterocycles. The summed E-state index contributed by atoms with van der Waals surface area (Å²) < 4.78 is 47.6. The van der Waals surface area contributed by atoms with Crippen LogP contribution in [-0.4, -0.2) is 60.3 Å². The minimum Gasteiger partial charge on any atom is -0.493 e. The minimum atomic E-state index is -4.56. The van der Waals surface area contributed by atoms with Crippen LogP contribution in [0.15, 0.2) is 103 Å². The van der Waals surface area contributed by atoms with Crippen LogP contribution in [0.4, 0.5) is 23.7 Å². The second kappa shape index (κ2) is 14.5. The van der Waals surface area contributed by atoms with Crippen LogP contribution in [0, 0.1) is 0 Å². The summed E-state index contributed by atoms with van der Waals surface area (Å²) in [6.45, 7) is 5.23. The predicted octanol–water partition coefficient (Wildman–Crippen LogP) is 8.39. The summed E-state index contributed by atoms with van der Waals surface area (Å²) in [7, 11) is 0. The van der Waals surface area contributed by atoms with Gasteiger partial charge in [-0.25, -0.2) is 4.79 Å². The Balaban J connectivity index is 1.37. The summed E-state index contributed by atoms with van der Waals surface area (Å²) in [5, 5.41) is 8.96. The third-order valence-corrected chi connectivity index (χ3v) is 9.07. The van der Waals surface area contributed by atoms with Gasteiger partial charge in [0.2, 0.25) is 0 Å². The van der Waals surface area contributed by atoms with Crippen molar-refractivity contribution in [2.45, 2.75) is 31.6 Å². The number of nitrogens with zero attached hydrogens (tertiary/aromatic N) is 3. The van der Waals surface area contributed by atoms with Crippen LogP contribution < -0.4 is 9.64 Å². The fourth-order valence-electron chi connectivity index (χ4n) is 6.02. The number of carboxylic acid groups (broad SMARTS) is 1. The lowest BCUT2D eigenvalue weighted by Gasteiger charge is -2.43. The minimum absolute atomic E-state index is 0.181. The molecule has 6 nitrogen and oxygen atoms in total. The van der Waals surface area contributed by atoms with Crippen LogP contribution in [0.25, 0.3) is 0 Å². The molecule has 1 aliphatic heterocycles. The number of amides is 1. The molecule has 1 aliphatic rings. The SMILES string of the molecule is CC(c1ccccc1)(c1ccccc1)N(CCCOc1cccc(N2CCN(C(=O)O)CC2)c1)Cc1cccc(C(F)(F)F)c1Cl. The van der Waals surface area contributed by atoms with Crippen molar-refractivity contribution in [3.05, 3.63) is 130 Å². The second-order valence-electron chi connectivity index (χ2n) is 11.5. The molecule has 242 valence electrons. The lowest BCUT2D eigenvalue weighted by molar-refractivity contribution is -0.137. The number of rotatable bonds is 11. The molecule has 1 heterocycles. The molecular formula is C36H37ClF3N3O3. The summed E-state index contributed by atoms with van der Waals surface area (Å²) in [4.78, 5) is 17.0. The molecule has 0 aromatic heterocycles. The highest BCUT2D eigenvalue weighted by Gasteiger charge is 2.38. The zero-order valence-electron chi connectivity index (χ0n) is 25.6. The quantitative estimate of drug-likeness (QED) is 0.165. The largest absolute Gasteiger partial charge is 0.493 e. The molecule has 1 fully saturated rings. The van der Waals surface area contributed by atoms with Crippen molar-refractivity contribution >= 4 is 23.4 Å². The van der Waals surface area contributed by atoms with E-state index in [-0.39, 0.29) is 11.6 Å². The molecule has 5 rings (SSSR count). The second-order valence-corrected chi connectivity index (χ2v) is 11.8. The van der Waals surface area contributed by atoms with Gasteiger partial charge in [0.05, 0.1) is 22.7 Å². The first-order valence-corrected chi connectivity index (χ1v) is 15.6. The molecule has 0 radical (unpaired) electrons. The maximum atomic E-state index is 13.8. The number of carbonyl (C=O) groups is 1. The van der Waals surface area contributed by atoms with Gasteiger partial charge < -0.3 is 19.6 Å². The summed E-state index contributed by atoms with van der Waals surface area (Å²) >= 11 is 6.42.